The van der Waals surface area contributed by atoms with E-state index in [1.165, 1.54) is 30.5 Å². The van der Waals surface area contributed by atoms with Gasteiger partial charge in [-0.2, -0.15) is 13.2 Å². The second-order valence-electron chi connectivity index (χ2n) is 6.13. The molecular weight excluding hydrogens is 398 g/mol. The number of carbonyl (C=O) groups is 1. The summed E-state index contributed by atoms with van der Waals surface area (Å²) >= 11 is 0.889. The minimum absolute atomic E-state index is 0.0342. The van der Waals surface area contributed by atoms with E-state index in [4.69, 9.17) is 4.42 Å². The van der Waals surface area contributed by atoms with Crippen molar-refractivity contribution in [2.75, 3.05) is 5.75 Å². The third-order valence-corrected chi connectivity index (χ3v) is 4.94. The zero-order valence-electron chi connectivity index (χ0n) is 14.5. The molecule has 0 spiro atoms. The van der Waals surface area contributed by atoms with Crippen molar-refractivity contribution in [2.45, 2.75) is 31.2 Å². The molecule has 5 nitrogen and oxygen atoms in total. The zero-order valence-corrected chi connectivity index (χ0v) is 15.3. The van der Waals surface area contributed by atoms with Gasteiger partial charge in [-0.1, -0.05) is 23.9 Å². The van der Waals surface area contributed by atoms with Crippen molar-refractivity contribution in [1.82, 2.24) is 10.6 Å². The first kappa shape index (κ1) is 20.2. The number of nitrogens with one attached hydrogen (secondary N) is 2. The maximum absolute atomic E-state index is 13.2. The maximum atomic E-state index is 13.2. The highest BCUT2D eigenvalue weighted by molar-refractivity contribution is 8.14. The van der Waals surface area contributed by atoms with Crippen LogP contribution in [0.2, 0.25) is 0 Å². The summed E-state index contributed by atoms with van der Waals surface area (Å²) in [4.78, 5) is 16.2. The molecule has 1 aliphatic heterocycles. The lowest BCUT2D eigenvalue weighted by atomic mass is 10.0. The number of halogens is 4. The molecule has 3 rings (SSSR count). The number of benzene rings is 1. The summed E-state index contributed by atoms with van der Waals surface area (Å²) in [7, 11) is 0. The molecule has 0 radical (unpaired) electrons. The van der Waals surface area contributed by atoms with E-state index < -0.39 is 18.3 Å². The fraction of sp³-hybridized carbons (Fsp3) is 0.333. The van der Waals surface area contributed by atoms with Crippen molar-refractivity contribution in [3.63, 3.8) is 0 Å². The standard InChI is InChI=1S/C18H17F4N3O2S/c19-12-5-3-11(4-6-12)9-23-16(26)10-28-17-24-13(14-2-1-7-27-14)8-15(25-17)18(20,21)22/h1-7,13,15H,8-10H2,(H,23,26)(H,24,25)/t13-,15+/m0/s1. The van der Waals surface area contributed by atoms with Gasteiger partial charge in [-0.15, -0.1) is 0 Å². The molecule has 1 aromatic carbocycles. The van der Waals surface area contributed by atoms with Crippen LogP contribution >= 0.6 is 11.8 Å². The quantitative estimate of drug-likeness (QED) is 0.730. The maximum Gasteiger partial charge on any atom is 0.408 e. The number of alkyl halides is 3. The Balaban J connectivity index is 1.57. The lowest BCUT2D eigenvalue weighted by Crippen LogP contribution is -2.48. The number of carbonyl (C=O) groups excluding carboxylic acids is 1. The van der Waals surface area contributed by atoms with Crippen LogP contribution in [0, 0.1) is 5.82 Å². The average molecular weight is 415 g/mol. The first-order valence-electron chi connectivity index (χ1n) is 8.39. The minimum atomic E-state index is -4.45. The molecule has 1 aliphatic rings. The van der Waals surface area contributed by atoms with Gasteiger partial charge in [0.15, 0.2) is 5.17 Å². The predicted molar refractivity (Wildman–Crippen MR) is 97.2 cm³/mol. The van der Waals surface area contributed by atoms with Gasteiger partial charge in [0, 0.05) is 13.0 Å². The van der Waals surface area contributed by atoms with E-state index in [-0.39, 0.29) is 35.6 Å². The first-order valence-corrected chi connectivity index (χ1v) is 9.38. The molecule has 0 fully saturated rings. The molecule has 28 heavy (non-hydrogen) atoms. The van der Waals surface area contributed by atoms with Crippen LogP contribution in [0.15, 0.2) is 52.1 Å². The van der Waals surface area contributed by atoms with Crippen LogP contribution in [0.1, 0.15) is 23.8 Å². The molecule has 1 amide bonds. The van der Waals surface area contributed by atoms with Gasteiger partial charge in [0.2, 0.25) is 5.91 Å². The smallest absolute Gasteiger partial charge is 0.408 e. The van der Waals surface area contributed by atoms with Crippen LogP contribution in [-0.2, 0) is 11.3 Å². The summed E-state index contributed by atoms with van der Waals surface area (Å²) in [6, 6.07) is 6.26. The lowest BCUT2D eigenvalue weighted by molar-refractivity contribution is -0.155. The zero-order chi connectivity index (χ0) is 20.1. The van der Waals surface area contributed by atoms with Gasteiger partial charge in [0.05, 0.1) is 12.0 Å². The monoisotopic (exact) mass is 415 g/mol. The third kappa shape index (κ3) is 5.51. The van der Waals surface area contributed by atoms with E-state index in [1.54, 1.807) is 12.1 Å². The number of amides is 1. The molecule has 0 bridgehead atoms. The summed E-state index contributed by atoms with van der Waals surface area (Å²) in [5.41, 5.74) is 0.711. The number of nitrogens with zero attached hydrogens (tertiary/aromatic N) is 1. The Morgan fingerprint density at radius 2 is 2.04 bits per heavy atom. The Kier molecular flexibility index (Phi) is 6.28. The van der Waals surface area contributed by atoms with Crippen LogP contribution in [-0.4, -0.2) is 29.0 Å². The second-order valence-corrected chi connectivity index (χ2v) is 7.10. The fourth-order valence-corrected chi connectivity index (χ4v) is 3.40. The Morgan fingerprint density at radius 3 is 2.68 bits per heavy atom. The molecular formula is C18H17F4N3O2S. The predicted octanol–water partition coefficient (Wildman–Crippen LogP) is 3.79. The minimum Gasteiger partial charge on any atom is -0.467 e. The van der Waals surface area contributed by atoms with Crippen molar-refractivity contribution in [2.24, 2.45) is 4.99 Å². The molecule has 2 heterocycles. The van der Waals surface area contributed by atoms with E-state index in [9.17, 15) is 22.4 Å². The summed E-state index contributed by atoms with van der Waals surface area (Å²) in [6.45, 7) is 0.194. The van der Waals surface area contributed by atoms with E-state index in [1.807, 2.05) is 0 Å². The van der Waals surface area contributed by atoms with Crippen molar-refractivity contribution in [3.05, 3.63) is 59.8 Å². The van der Waals surface area contributed by atoms with E-state index in [0.717, 1.165) is 11.8 Å². The van der Waals surface area contributed by atoms with E-state index in [2.05, 4.69) is 15.6 Å². The number of thioether (sulfide) groups is 1. The van der Waals surface area contributed by atoms with Crippen molar-refractivity contribution in [3.8, 4) is 0 Å². The highest BCUT2D eigenvalue weighted by Gasteiger charge is 2.44. The Labute approximate surface area is 162 Å². The summed E-state index contributed by atoms with van der Waals surface area (Å²) in [5.74, 6) is -0.517. The summed E-state index contributed by atoms with van der Waals surface area (Å²) in [5, 5.41) is 5.01. The number of furan rings is 1. The largest absolute Gasteiger partial charge is 0.467 e. The van der Waals surface area contributed by atoms with Crippen LogP contribution in [0.3, 0.4) is 0 Å². The Hall–Kier alpha value is -2.49. The highest BCUT2D eigenvalue weighted by Crippen LogP contribution is 2.34. The average Bonchev–Trinajstić information content (AvgIpc) is 3.20. The number of hydrogen-bond acceptors (Lipinski definition) is 5. The topological polar surface area (TPSA) is 66.6 Å². The number of amidine groups is 1. The van der Waals surface area contributed by atoms with Crippen molar-refractivity contribution >= 4 is 22.8 Å². The third-order valence-electron chi connectivity index (χ3n) is 4.04. The van der Waals surface area contributed by atoms with Crippen molar-refractivity contribution < 1.29 is 26.8 Å². The van der Waals surface area contributed by atoms with Crippen molar-refractivity contribution in [1.29, 1.82) is 0 Å². The summed E-state index contributed by atoms with van der Waals surface area (Å²) in [6.07, 6.45) is -3.35. The summed E-state index contributed by atoms with van der Waals surface area (Å²) < 4.78 is 57.7. The van der Waals surface area contributed by atoms with Crippen LogP contribution in [0.4, 0.5) is 17.6 Å². The molecule has 0 saturated heterocycles. The number of hydrogen-bond donors (Lipinski definition) is 2. The normalized spacial score (nSPS) is 19.6. The van der Waals surface area contributed by atoms with E-state index in [0.29, 0.717) is 11.3 Å². The molecule has 1 aromatic heterocycles. The Morgan fingerprint density at radius 1 is 1.29 bits per heavy atom. The number of aliphatic imine (C=N–C) groups is 1. The molecule has 150 valence electrons. The second kappa shape index (κ2) is 8.68. The lowest BCUT2D eigenvalue weighted by Gasteiger charge is -2.29. The van der Waals surface area contributed by atoms with Gasteiger partial charge in [-0.05, 0) is 29.8 Å². The molecule has 0 saturated carbocycles. The van der Waals surface area contributed by atoms with Crippen LogP contribution < -0.4 is 10.6 Å². The SMILES string of the molecule is O=C(CSC1=N[C@H](c2ccco2)C[C@H](C(F)(F)F)N1)NCc1ccc(F)cc1. The van der Waals surface area contributed by atoms with Gasteiger partial charge >= 0.3 is 6.18 Å². The first-order chi connectivity index (χ1) is 13.3. The van der Waals surface area contributed by atoms with Gasteiger partial charge in [0.1, 0.15) is 23.7 Å². The number of rotatable bonds is 5. The molecule has 0 aliphatic carbocycles. The molecule has 2 aromatic rings. The fourth-order valence-electron chi connectivity index (χ4n) is 2.61. The van der Waals surface area contributed by atoms with Crippen LogP contribution in [0.5, 0.6) is 0 Å². The molecule has 2 N–H and O–H groups in total. The highest BCUT2D eigenvalue weighted by atomic mass is 32.2. The van der Waals surface area contributed by atoms with Gasteiger partial charge in [-0.3, -0.25) is 9.79 Å². The molecule has 0 unspecified atom stereocenters. The van der Waals surface area contributed by atoms with E-state index >= 15 is 0 Å². The molecule has 2 atom stereocenters. The van der Waals surface area contributed by atoms with Gasteiger partial charge in [0.25, 0.3) is 0 Å². The van der Waals surface area contributed by atoms with Gasteiger partial charge in [-0.25, -0.2) is 4.39 Å². The van der Waals surface area contributed by atoms with Gasteiger partial charge < -0.3 is 15.1 Å². The Bertz CT molecular complexity index is 822. The van der Waals surface area contributed by atoms with Crippen LogP contribution in [0.25, 0.3) is 0 Å². The molecule has 10 heteroatoms.